The molecule has 12 nitrogen and oxygen atoms in total. The van der Waals surface area contributed by atoms with E-state index in [1.165, 1.54) is 24.7 Å². The van der Waals surface area contributed by atoms with Crippen molar-refractivity contribution in [3.8, 4) is 0 Å². The summed E-state index contributed by atoms with van der Waals surface area (Å²) in [6.07, 6.45) is -2.53. The molecule has 3 heterocycles. The molecular formula is C24H27FN6O6. The van der Waals surface area contributed by atoms with E-state index in [1.54, 1.807) is 31.3 Å². The highest BCUT2D eigenvalue weighted by Gasteiger charge is 2.58. The predicted molar refractivity (Wildman–Crippen MR) is 129 cm³/mol. The number of aromatic nitrogens is 4. The summed E-state index contributed by atoms with van der Waals surface area (Å²) in [5, 5.41) is 5.36. The first-order chi connectivity index (χ1) is 17.6. The van der Waals surface area contributed by atoms with Crippen molar-refractivity contribution < 1.29 is 33.0 Å². The molecule has 3 aromatic rings. The smallest absolute Gasteiger partial charge is 0.310 e. The molecule has 1 aromatic carbocycles. The fraction of sp³-hybridized carbons (Fsp3) is 0.417. The van der Waals surface area contributed by atoms with Crippen molar-refractivity contribution in [1.82, 2.24) is 19.5 Å². The number of carbonyl (C=O) groups is 3. The standard InChI is InChI=1S/C24H27FN6O6/c1-13(32)28-23-29-20(26-4)18-21(30-23)31(12-27-18)22-24(3,25)19(36-14(2)33)16(37-22)11-35-17(34)10-15-8-6-5-7-9-15/h5-9,12,16,19,22H,10-11H2,1-4H3,(H2,26,28,29,30,32)/t16-,19-,22-,24-/m1/s1. The van der Waals surface area contributed by atoms with Gasteiger partial charge < -0.3 is 19.5 Å². The molecule has 0 saturated carbocycles. The number of nitrogens with one attached hydrogen (secondary N) is 2. The van der Waals surface area contributed by atoms with E-state index in [4.69, 9.17) is 14.2 Å². The molecule has 2 aromatic heterocycles. The lowest BCUT2D eigenvalue weighted by Gasteiger charge is -2.27. The van der Waals surface area contributed by atoms with E-state index >= 15 is 4.39 Å². The summed E-state index contributed by atoms with van der Waals surface area (Å²) in [5.74, 6) is -1.38. The molecule has 0 unspecified atom stereocenters. The second-order valence-corrected chi connectivity index (χ2v) is 8.70. The molecule has 37 heavy (non-hydrogen) atoms. The molecule has 0 radical (unpaired) electrons. The first-order valence-electron chi connectivity index (χ1n) is 11.5. The molecule has 1 aliphatic rings. The number of nitrogens with zero attached hydrogens (tertiary/aromatic N) is 4. The Morgan fingerprint density at radius 2 is 1.92 bits per heavy atom. The molecule has 196 valence electrons. The van der Waals surface area contributed by atoms with Gasteiger partial charge in [0.2, 0.25) is 11.9 Å². The number of carbonyl (C=O) groups excluding carboxylic acids is 3. The molecule has 1 aliphatic heterocycles. The molecular weight excluding hydrogens is 487 g/mol. The minimum atomic E-state index is -2.27. The highest BCUT2D eigenvalue weighted by atomic mass is 19.1. The van der Waals surface area contributed by atoms with Gasteiger partial charge in [0.05, 0.1) is 12.7 Å². The van der Waals surface area contributed by atoms with Gasteiger partial charge in [-0.2, -0.15) is 9.97 Å². The molecule has 1 saturated heterocycles. The first kappa shape index (κ1) is 25.9. The monoisotopic (exact) mass is 514 g/mol. The number of esters is 2. The number of fused-ring (bicyclic) bond motifs is 1. The topological polar surface area (TPSA) is 147 Å². The number of benzene rings is 1. The number of imidazole rings is 1. The summed E-state index contributed by atoms with van der Waals surface area (Å²) in [4.78, 5) is 48.5. The van der Waals surface area contributed by atoms with Crippen molar-refractivity contribution in [3.63, 3.8) is 0 Å². The number of rotatable bonds is 8. The maximum absolute atomic E-state index is 16.3. The largest absolute Gasteiger partial charge is 0.463 e. The van der Waals surface area contributed by atoms with Gasteiger partial charge in [-0.1, -0.05) is 30.3 Å². The average Bonchev–Trinajstić information content (AvgIpc) is 3.35. The summed E-state index contributed by atoms with van der Waals surface area (Å²) in [5.41, 5.74) is -1.04. The third-order valence-electron chi connectivity index (χ3n) is 5.77. The van der Waals surface area contributed by atoms with Gasteiger partial charge in [-0.05, 0) is 12.5 Å². The van der Waals surface area contributed by atoms with Gasteiger partial charge in [-0.25, -0.2) is 9.37 Å². The minimum Gasteiger partial charge on any atom is -0.463 e. The summed E-state index contributed by atoms with van der Waals surface area (Å²) < 4.78 is 34.2. The number of ether oxygens (including phenoxy) is 3. The molecule has 0 bridgehead atoms. The van der Waals surface area contributed by atoms with Gasteiger partial charge in [0.25, 0.3) is 0 Å². The zero-order valence-corrected chi connectivity index (χ0v) is 20.7. The fourth-order valence-corrected chi connectivity index (χ4v) is 4.17. The van der Waals surface area contributed by atoms with Crippen LogP contribution < -0.4 is 10.6 Å². The highest BCUT2D eigenvalue weighted by molar-refractivity contribution is 5.90. The Morgan fingerprint density at radius 3 is 2.57 bits per heavy atom. The van der Waals surface area contributed by atoms with E-state index in [1.807, 2.05) is 6.07 Å². The number of halogens is 1. The van der Waals surface area contributed by atoms with Gasteiger partial charge in [-0.15, -0.1) is 0 Å². The van der Waals surface area contributed by atoms with E-state index in [9.17, 15) is 14.4 Å². The maximum Gasteiger partial charge on any atom is 0.310 e. The molecule has 4 atom stereocenters. The summed E-state index contributed by atoms with van der Waals surface area (Å²) in [7, 11) is 1.61. The zero-order chi connectivity index (χ0) is 26.7. The minimum absolute atomic E-state index is 0.0178. The number of amides is 1. The maximum atomic E-state index is 16.3. The molecule has 2 N–H and O–H groups in total. The third-order valence-corrected chi connectivity index (χ3v) is 5.77. The molecule has 1 fully saturated rings. The van der Waals surface area contributed by atoms with E-state index in [-0.39, 0.29) is 24.6 Å². The third kappa shape index (κ3) is 5.50. The Labute approximate surface area is 211 Å². The van der Waals surface area contributed by atoms with Gasteiger partial charge in [0.15, 0.2) is 35.0 Å². The van der Waals surface area contributed by atoms with E-state index in [0.717, 1.165) is 12.5 Å². The second-order valence-electron chi connectivity index (χ2n) is 8.70. The number of hydrogen-bond acceptors (Lipinski definition) is 10. The van der Waals surface area contributed by atoms with Crippen molar-refractivity contribution in [2.24, 2.45) is 0 Å². The Balaban J connectivity index is 1.62. The number of alkyl halides is 1. The van der Waals surface area contributed by atoms with Gasteiger partial charge >= 0.3 is 11.9 Å². The lowest BCUT2D eigenvalue weighted by atomic mass is 9.98. The Bertz CT molecular complexity index is 1310. The quantitative estimate of drug-likeness (QED) is 0.429. The second kappa shape index (κ2) is 10.5. The van der Waals surface area contributed by atoms with Crippen LogP contribution in [0.5, 0.6) is 0 Å². The molecule has 4 rings (SSSR count). The van der Waals surface area contributed by atoms with Crippen LogP contribution in [0, 0.1) is 0 Å². The van der Waals surface area contributed by atoms with Gasteiger partial charge in [0.1, 0.15) is 12.7 Å². The van der Waals surface area contributed by atoms with Crippen molar-refractivity contribution in [2.45, 2.75) is 51.3 Å². The van der Waals surface area contributed by atoms with Crippen molar-refractivity contribution in [1.29, 1.82) is 0 Å². The normalized spacial score (nSPS) is 23.0. The van der Waals surface area contributed by atoms with Crippen LogP contribution in [0.2, 0.25) is 0 Å². The van der Waals surface area contributed by atoms with Crippen LogP contribution in [0.4, 0.5) is 16.2 Å². The van der Waals surface area contributed by atoms with E-state index in [0.29, 0.717) is 11.3 Å². The van der Waals surface area contributed by atoms with E-state index < -0.39 is 42.0 Å². The van der Waals surface area contributed by atoms with Crippen LogP contribution in [0.25, 0.3) is 11.2 Å². The average molecular weight is 515 g/mol. The summed E-state index contributed by atoms with van der Waals surface area (Å²) in [6.45, 7) is 3.33. The lowest BCUT2D eigenvalue weighted by Crippen LogP contribution is -2.44. The van der Waals surface area contributed by atoms with Crippen LogP contribution >= 0.6 is 0 Å². The number of anilines is 2. The summed E-state index contributed by atoms with van der Waals surface area (Å²) in [6, 6.07) is 8.99. The molecule has 1 amide bonds. The van der Waals surface area contributed by atoms with Crippen LogP contribution in [-0.4, -0.2) is 68.9 Å². The molecule has 0 spiro atoms. The van der Waals surface area contributed by atoms with Crippen LogP contribution in [0.1, 0.15) is 32.6 Å². The van der Waals surface area contributed by atoms with Crippen LogP contribution in [-0.2, 0) is 35.0 Å². The number of hydrogen-bond donors (Lipinski definition) is 2. The van der Waals surface area contributed by atoms with Gasteiger partial charge in [0, 0.05) is 20.9 Å². The lowest BCUT2D eigenvalue weighted by molar-refractivity contribution is -0.159. The van der Waals surface area contributed by atoms with Crippen LogP contribution in [0.15, 0.2) is 36.7 Å². The van der Waals surface area contributed by atoms with Gasteiger partial charge in [-0.3, -0.25) is 24.3 Å². The Morgan fingerprint density at radius 1 is 1.19 bits per heavy atom. The Kier molecular flexibility index (Phi) is 7.34. The SMILES string of the molecule is CNc1nc(NC(C)=O)nc2c1ncn2[C@@H]1O[C@H](COC(=O)Cc2ccccc2)[C@@H](OC(C)=O)[C@@]1(C)F. The van der Waals surface area contributed by atoms with Crippen molar-refractivity contribution >= 4 is 40.8 Å². The first-order valence-corrected chi connectivity index (χ1v) is 11.5. The molecule has 13 heteroatoms. The fourth-order valence-electron chi connectivity index (χ4n) is 4.17. The predicted octanol–water partition coefficient (Wildman–Crippen LogP) is 2.17. The Hall–Kier alpha value is -4.13. The highest BCUT2D eigenvalue weighted by Crippen LogP contribution is 2.44. The van der Waals surface area contributed by atoms with Crippen molar-refractivity contribution in [3.05, 3.63) is 42.2 Å². The van der Waals surface area contributed by atoms with Crippen molar-refractivity contribution in [2.75, 3.05) is 24.3 Å². The molecule has 0 aliphatic carbocycles. The zero-order valence-electron chi connectivity index (χ0n) is 20.7. The van der Waals surface area contributed by atoms with Crippen LogP contribution in [0.3, 0.4) is 0 Å². The summed E-state index contributed by atoms with van der Waals surface area (Å²) >= 11 is 0. The van der Waals surface area contributed by atoms with E-state index in [2.05, 4.69) is 25.6 Å².